The lowest BCUT2D eigenvalue weighted by atomic mass is 9.80. The molecule has 6 nitrogen and oxygen atoms in total. The fourth-order valence-corrected chi connectivity index (χ4v) is 3.53. The Hall–Kier alpha value is -2.21. The Morgan fingerprint density at radius 1 is 1.26 bits per heavy atom. The summed E-state index contributed by atoms with van der Waals surface area (Å²) in [5.41, 5.74) is 9.98. The van der Waals surface area contributed by atoms with Gasteiger partial charge in [-0.2, -0.15) is 10.2 Å². The average molecular weight is 308 g/mol. The van der Waals surface area contributed by atoms with E-state index in [4.69, 9.17) is 15.8 Å². The molecular weight excluding hydrogens is 288 g/mol. The zero-order chi connectivity index (χ0) is 15.4. The second kappa shape index (κ2) is 4.89. The van der Waals surface area contributed by atoms with Gasteiger partial charge in [-0.3, -0.25) is 9.78 Å². The van der Waals surface area contributed by atoms with E-state index in [1.807, 2.05) is 0 Å². The normalized spacial score (nSPS) is 24.0. The van der Waals surface area contributed by atoms with E-state index in [1.165, 1.54) is 24.1 Å². The number of H-pyrrole nitrogens is 1. The van der Waals surface area contributed by atoms with Crippen LogP contribution in [-0.4, -0.2) is 31.5 Å². The molecule has 2 fully saturated rings. The fraction of sp³-hybridized carbons (Fsp3) is 0.471. The van der Waals surface area contributed by atoms with Crippen LogP contribution in [0.4, 0.5) is 0 Å². The molecule has 118 valence electrons. The van der Waals surface area contributed by atoms with Crippen LogP contribution in [-0.2, 0) is 0 Å². The Labute approximate surface area is 134 Å². The summed E-state index contributed by atoms with van der Waals surface area (Å²) in [5.74, 6) is 1.27. The van der Waals surface area contributed by atoms with Crippen molar-refractivity contribution in [3.05, 3.63) is 30.2 Å². The monoisotopic (exact) mass is 308 g/mol. The third-order valence-corrected chi connectivity index (χ3v) is 5.22. The molecule has 3 aromatic heterocycles. The Kier molecular flexibility index (Phi) is 2.82. The largest absolute Gasteiger partial charge is 0.330 e. The number of hydrogen-bond donors (Lipinski definition) is 2. The van der Waals surface area contributed by atoms with E-state index in [0.717, 1.165) is 36.1 Å². The molecule has 3 heterocycles. The van der Waals surface area contributed by atoms with Crippen LogP contribution in [0.25, 0.3) is 22.3 Å². The maximum absolute atomic E-state index is 5.75. The molecule has 3 aromatic rings. The molecule has 2 aliphatic carbocycles. The number of aromatic amines is 1. The number of fused-ring (bicyclic) bond motifs is 1. The summed E-state index contributed by atoms with van der Waals surface area (Å²) >= 11 is 0. The van der Waals surface area contributed by atoms with Crippen molar-refractivity contribution < 1.29 is 0 Å². The predicted molar refractivity (Wildman–Crippen MR) is 87.9 cm³/mol. The molecule has 0 amide bonds. The van der Waals surface area contributed by atoms with Gasteiger partial charge in [0.25, 0.3) is 0 Å². The van der Waals surface area contributed by atoms with Crippen LogP contribution in [0.1, 0.15) is 43.3 Å². The molecule has 0 saturated heterocycles. The Bertz CT molecular complexity index is 853. The van der Waals surface area contributed by atoms with Gasteiger partial charge in [-0.25, -0.2) is 4.98 Å². The molecule has 0 aliphatic heterocycles. The molecule has 0 spiro atoms. The van der Waals surface area contributed by atoms with E-state index in [0.29, 0.717) is 17.9 Å². The molecular formula is C17H20N6. The Morgan fingerprint density at radius 3 is 2.91 bits per heavy atom. The molecule has 3 N–H and O–H groups in total. The molecule has 0 bridgehead atoms. The van der Waals surface area contributed by atoms with Gasteiger partial charge in [0.2, 0.25) is 0 Å². The number of pyridine rings is 1. The van der Waals surface area contributed by atoms with Gasteiger partial charge in [-0.15, -0.1) is 0 Å². The third kappa shape index (κ3) is 2.16. The van der Waals surface area contributed by atoms with Crippen LogP contribution in [0.5, 0.6) is 0 Å². The quantitative estimate of drug-likeness (QED) is 0.776. The van der Waals surface area contributed by atoms with Crippen molar-refractivity contribution in [1.82, 2.24) is 25.0 Å². The number of nitrogens with one attached hydrogen (secondary N) is 1. The van der Waals surface area contributed by atoms with E-state index in [1.54, 1.807) is 6.20 Å². The smallest absolute Gasteiger partial charge is 0.155 e. The third-order valence-electron chi connectivity index (χ3n) is 5.22. The highest BCUT2D eigenvalue weighted by molar-refractivity contribution is 5.78. The summed E-state index contributed by atoms with van der Waals surface area (Å²) in [4.78, 5) is 4.73. The number of hydrogen-bond acceptors (Lipinski definition) is 4. The molecule has 0 radical (unpaired) electrons. The van der Waals surface area contributed by atoms with Crippen molar-refractivity contribution in [3.8, 4) is 11.3 Å². The second-order valence-electron chi connectivity index (χ2n) is 6.91. The van der Waals surface area contributed by atoms with E-state index in [2.05, 4.69) is 33.2 Å². The van der Waals surface area contributed by atoms with Gasteiger partial charge in [0.05, 0.1) is 23.6 Å². The molecule has 2 saturated carbocycles. The first-order valence-electron chi connectivity index (χ1n) is 8.41. The fourth-order valence-electron chi connectivity index (χ4n) is 3.53. The lowest BCUT2D eigenvalue weighted by Gasteiger charge is -2.34. The topological polar surface area (TPSA) is 85.4 Å². The van der Waals surface area contributed by atoms with Crippen molar-refractivity contribution in [1.29, 1.82) is 0 Å². The maximum atomic E-state index is 5.75. The SMILES string of the molecule is NC[C@H]1C[C@H](n2cc(-c3ccc4cn[nH]c4n3)c(C3CC3)n2)C1. The lowest BCUT2D eigenvalue weighted by molar-refractivity contribution is 0.189. The first kappa shape index (κ1) is 13.2. The Morgan fingerprint density at radius 2 is 2.13 bits per heavy atom. The summed E-state index contributed by atoms with van der Waals surface area (Å²) in [7, 11) is 0. The molecule has 23 heavy (non-hydrogen) atoms. The van der Waals surface area contributed by atoms with Crippen molar-refractivity contribution >= 4 is 11.0 Å². The standard InChI is InChI=1S/C17H20N6/c18-7-10-5-13(6-10)23-9-14(16(22-23)11-1-2-11)15-4-3-12-8-19-21-17(12)20-15/h3-4,8-11,13H,1-2,5-7,18H2,(H,19,20,21)/t10-,13-. The van der Waals surface area contributed by atoms with Gasteiger partial charge in [0.1, 0.15) is 0 Å². The van der Waals surface area contributed by atoms with Gasteiger partial charge in [0.15, 0.2) is 5.65 Å². The number of nitrogens with zero attached hydrogens (tertiary/aromatic N) is 4. The van der Waals surface area contributed by atoms with Gasteiger partial charge in [-0.1, -0.05) is 0 Å². The highest BCUT2D eigenvalue weighted by Gasteiger charge is 2.34. The summed E-state index contributed by atoms with van der Waals surface area (Å²) in [6.07, 6.45) is 8.77. The lowest BCUT2D eigenvalue weighted by Crippen LogP contribution is -2.32. The van der Waals surface area contributed by atoms with Gasteiger partial charge < -0.3 is 5.73 Å². The molecule has 0 atom stereocenters. The van der Waals surface area contributed by atoms with Crippen LogP contribution in [0.2, 0.25) is 0 Å². The highest BCUT2D eigenvalue weighted by Crippen LogP contribution is 2.45. The first-order chi connectivity index (χ1) is 11.3. The van der Waals surface area contributed by atoms with Crippen molar-refractivity contribution in [3.63, 3.8) is 0 Å². The summed E-state index contributed by atoms with van der Waals surface area (Å²) in [6, 6.07) is 4.66. The molecule has 5 rings (SSSR count). The van der Waals surface area contributed by atoms with Gasteiger partial charge >= 0.3 is 0 Å². The van der Waals surface area contributed by atoms with E-state index in [-0.39, 0.29) is 0 Å². The summed E-state index contributed by atoms with van der Waals surface area (Å²) < 4.78 is 2.16. The number of aromatic nitrogens is 5. The number of rotatable bonds is 4. The van der Waals surface area contributed by atoms with Crippen LogP contribution in [0, 0.1) is 5.92 Å². The summed E-state index contributed by atoms with van der Waals surface area (Å²) in [6.45, 7) is 0.790. The van der Waals surface area contributed by atoms with E-state index in [9.17, 15) is 0 Å². The maximum Gasteiger partial charge on any atom is 0.155 e. The average Bonchev–Trinajstić information content (AvgIpc) is 3.10. The zero-order valence-corrected chi connectivity index (χ0v) is 12.9. The molecule has 0 aromatic carbocycles. The minimum absolute atomic E-state index is 0.505. The Balaban J connectivity index is 1.54. The van der Waals surface area contributed by atoms with Crippen LogP contribution < -0.4 is 5.73 Å². The first-order valence-corrected chi connectivity index (χ1v) is 8.41. The second-order valence-corrected chi connectivity index (χ2v) is 6.91. The van der Waals surface area contributed by atoms with Crippen LogP contribution in [0.15, 0.2) is 24.5 Å². The van der Waals surface area contributed by atoms with Crippen molar-refractivity contribution in [2.24, 2.45) is 11.7 Å². The highest BCUT2D eigenvalue weighted by atomic mass is 15.3. The van der Waals surface area contributed by atoms with Crippen LogP contribution in [0.3, 0.4) is 0 Å². The van der Waals surface area contributed by atoms with Crippen LogP contribution >= 0.6 is 0 Å². The van der Waals surface area contributed by atoms with E-state index < -0.39 is 0 Å². The number of nitrogens with two attached hydrogens (primary N) is 1. The predicted octanol–water partition coefficient (Wildman–Crippen LogP) is 2.61. The molecule has 6 heteroatoms. The molecule has 2 aliphatic rings. The van der Waals surface area contributed by atoms with Crippen molar-refractivity contribution in [2.45, 2.75) is 37.6 Å². The zero-order valence-electron chi connectivity index (χ0n) is 12.9. The van der Waals surface area contributed by atoms with Gasteiger partial charge in [0, 0.05) is 23.1 Å². The van der Waals surface area contributed by atoms with Gasteiger partial charge in [-0.05, 0) is 50.3 Å². The minimum atomic E-state index is 0.505. The molecule has 0 unspecified atom stereocenters. The van der Waals surface area contributed by atoms with E-state index >= 15 is 0 Å². The van der Waals surface area contributed by atoms with Crippen molar-refractivity contribution in [2.75, 3.05) is 6.54 Å². The summed E-state index contributed by atoms with van der Waals surface area (Å²) in [5, 5.41) is 13.0. The minimum Gasteiger partial charge on any atom is -0.330 e.